The summed E-state index contributed by atoms with van der Waals surface area (Å²) in [6.07, 6.45) is 5.53. The Morgan fingerprint density at radius 1 is 1.29 bits per heavy atom. The average molecular weight is 197 g/mol. The van der Waals surface area contributed by atoms with Gasteiger partial charge in [0.2, 0.25) is 0 Å². The molecule has 0 aromatic heterocycles. The van der Waals surface area contributed by atoms with Crippen LogP contribution in [0.1, 0.15) is 39.0 Å². The Hall–Kier alpha value is -0.570. The fraction of sp³-hybridized carbons (Fsp3) is 0.909. The molecule has 80 valence electrons. The van der Waals surface area contributed by atoms with Crippen molar-refractivity contribution in [2.75, 3.05) is 6.54 Å². The molecule has 1 saturated heterocycles. The number of hydrogen-bond acceptors (Lipinski definition) is 2. The lowest BCUT2D eigenvalue weighted by molar-refractivity contribution is -0.143. The van der Waals surface area contributed by atoms with Crippen molar-refractivity contribution in [3.63, 3.8) is 0 Å². The Morgan fingerprint density at radius 2 is 2.07 bits per heavy atom. The summed E-state index contributed by atoms with van der Waals surface area (Å²) < 4.78 is 0. The van der Waals surface area contributed by atoms with E-state index in [2.05, 4.69) is 11.8 Å². The molecule has 1 N–H and O–H groups in total. The summed E-state index contributed by atoms with van der Waals surface area (Å²) in [6.45, 7) is 3.33. The van der Waals surface area contributed by atoms with Gasteiger partial charge in [-0.05, 0) is 39.2 Å². The van der Waals surface area contributed by atoms with Crippen molar-refractivity contribution in [1.29, 1.82) is 0 Å². The molecular formula is C11H19NO2. The zero-order valence-electron chi connectivity index (χ0n) is 8.78. The lowest BCUT2D eigenvalue weighted by atomic mass is 10.0. The zero-order chi connectivity index (χ0) is 10.1. The normalized spacial score (nSPS) is 39.1. The minimum Gasteiger partial charge on any atom is -0.481 e. The SMILES string of the molecule is CC1CCCN1C1CCCC1C(=O)O. The number of carbonyl (C=O) groups is 1. The van der Waals surface area contributed by atoms with E-state index in [9.17, 15) is 4.79 Å². The van der Waals surface area contributed by atoms with Gasteiger partial charge in [-0.25, -0.2) is 0 Å². The first kappa shape index (κ1) is 9.97. The van der Waals surface area contributed by atoms with Gasteiger partial charge < -0.3 is 5.11 Å². The van der Waals surface area contributed by atoms with E-state index in [1.165, 1.54) is 12.8 Å². The Labute approximate surface area is 85.1 Å². The molecule has 0 amide bonds. The lowest BCUT2D eigenvalue weighted by Crippen LogP contribution is -2.42. The van der Waals surface area contributed by atoms with Crippen LogP contribution in [0.2, 0.25) is 0 Å². The second-order valence-corrected chi connectivity index (χ2v) is 4.67. The maximum absolute atomic E-state index is 11.0. The fourth-order valence-electron chi connectivity index (χ4n) is 3.07. The first-order valence-electron chi connectivity index (χ1n) is 5.68. The number of nitrogens with zero attached hydrogens (tertiary/aromatic N) is 1. The highest BCUT2D eigenvalue weighted by Crippen LogP contribution is 2.34. The molecule has 3 atom stereocenters. The monoisotopic (exact) mass is 197 g/mol. The molecule has 3 heteroatoms. The van der Waals surface area contributed by atoms with Crippen molar-refractivity contribution >= 4 is 5.97 Å². The minimum absolute atomic E-state index is 0.101. The second-order valence-electron chi connectivity index (χ2n) is 4.67. The van der Waals surface area contributed by atoms with Crippen LogP contribution >= 0.6 is 0 Å². The van der Waals surface area contributed by atoms with E-state index < -0.39 is 5.97 Å². The van der Waals surface area contributed by atoms with Crippen LogP contribution in [0.3, 0.4) is 0 Å². The fourth-order valence-corrected chi connectivity index (χ4v) is 3.07. The highest BCUT2D eigenvalue weighted by atomic mass is 16.4. The lowest BCUT2D eigenvalue weighted by Gasteiger charge is -2.31. The summed E-state index contributed by atoms with van der Waals surface area (Å²) in [7, 11) is 0. The number of aliphatic carboxylic acids is 1. The summed E-state index contributed by atoms with van der Waals surface area (Å²) in [5.74, 6) is -0.692. The third-order valence-electron chi connectivity index (χ3n) is 3.83. The molecule has 2 rings (SSSR count). The van der Waals surface area contributed by atoms with E-state index in [-0.39, 0.29) is 5.92 Å². The predicted octanol–water partition coefficient (Wildman–Crippen LogP) is 1.72. The van der Waals surface area contributed by atoms with Crippen LogP contribution in [0.4, 0.5) is 0 Å². The highest BCUT2D eigenvalue weighted by molar-refractivity contribution is 5.71. The Balaban J connectivity index is 2.05. The molecule has 0 aromatic rings. The van der Waals surface area contributed by atoms with E-state index in [0.29, 0.717) is 12.1 Å². The first-order valence-corrected chi connectivity index (χ1v) is 5.68. The number of carboxylic acids is 1. The average Bonchev–Trinajstić information content (AvgIpc) is 2.70. The molecule has 0 radical (unpaired) electrons. The van der Waals surface area contributed by atoms with Gasteiger partial charge in [0, 0.05) is 12.1 Å². The summed E-state index contributed by atoms with van der Waals surface area (Å²) in [5.41, 5.74) is 0. The van der Waals surface area contributed by atoms with Crippen LogP contribution in [0.5, 0.6) is 0 Å². The van der Waals surface area contributed by atoms with Gasteiger partial charge in [0.15, 0.2) is 0 Å². The Morgan fingerprint density at radius 3 is 2.64 bits per heavy atom. The molecule has 3 unspecified atom stereocenters. The number of rotatable bonds is 2. The predicted molar refractivity (Wildman–Crippen MR) is 54.2 cm³/mol. The van der Waals surface area contributed by atoms with Crippen molar-refractivity contribution in [1.82, 2.24) is 4.90 Å². The van der Waals surface area contributed by atoms with Gasteiger partial charge in [0.25, 0.3) is 0 Å². The van der Waals surface area contributed by atoms with Crippen molar-refractivity contribution in [3.05, 3.63) is 0 Å². The van der Waals surface area contributed by atoms with Crippen LogP contribution < -0.4 is 0 Å². The molecule has 0 spiro atoms. The Bertz CT molecular complexity index is 229. The highest BCUT2D eigenvalue weighted by Gasteiger charge is 2.39. The van der Waals surface area contributed by atoms with E-state index in [1.54, 1.807) is 0 Å². The molecule has 0 aromatic carbocycles. The molecule has 0 bridgehead atoms. The van der Waals surface area contributed by atoms with Crippen molar-refractivity contribution < 1.29 is 9.90 Å². The molecular weight excluding hydrogens is 178 g/mol. The molecule has 14 heavy (non-hydrogen) atoms. The van der Waals surface area contributed by atoms with Crippen molar-refractivity contribution in [2.24, 2.45) is 5.92 Å². The van der Waals surface area contributed by atoms with Gasteiger partial charge in [-0.3, -0.25) is 9.69 Å². The molecule has 1 heterocycles. The number of hydrogen-bond donors (Lipinski definition) is 1. The van der Waals surface area contributed by atoms with E-state index in [1.807, 2.05) is 0 Å². The third kappa shape index (κ3) is 1.65. The smallest absolute Gasteiger partial charge is 0.308 e. The maximum atomic E-state index is 11.0. The van der Waals surface area contributed by atoms with Crippen LogP contribution in [0, 0.1) is 5.92 Å². The largest absolute Gasteiger partial charge is 0.481 e. The van der Waals surface area contributed by atoms with Crippen molar-refractivity contribution in [2.45, 2.75) is 51.1 Å². The summed E-state index contributed by atoms with van der Waals surface area (Å²) in [4.78, 5) is 13.5. The van der Waals surface area contributed by atoms with Crippen LogP contribution in [0.15, 0.2) is 0 Å². The molecule has 2 aliphatic rings. The summed E-state index contributed by atoms with van der Waals surface area (Å²) >= 11 is 0. The van der Waals surface area contributed by atoms with Gasteiger partial charge in [-0.15, -0.1) is 0 Å². The quantitative estimate of drug-likeness (QED) is 0.732. The summed E-state index contributed by atoms with van der Waals surface area (Å²) in [5, 5.41) is 9.10. The topological polar surface area (TPSA) is 40.5 Å². The van der Waals surface area contributed by atoms with Gasteiger partial charge >= 0.3 is 5.97 Å². The van der Waals surface area contributed by atoms with E-state index >= 15 is 0 Å². The number of likely N-dealkylation sites (tertiary alicyclic amines) is 1. The molecule has 1 aliphatic heterocycles. The van der Waals surface area contributed by atoms with Crippen LogP contribution in [-0.2, 0) is 4.79 Å². The summed E-state index contributed by atoms with van der Waals surface area (Å²) in [6, 6.07) is 0.921. The van der Waals surface area contributed by atoms with E-state index in [0.717, 1.165) is 25.8 Å². The van der Waals surface area contributed by atoms with Gasteiger partial charge in [-0.2, -0.15) is 0 Å². The standard InChI is InChI=1S/C11H19NO2/c1-8-4-3-7-12(8)10-6-2-5-9(10)11(13)14/h8-10H,2-7H2,1H3,(H,13,14). The second kappa shape index (κ2) is 3.89. The van der Waals surface area contributed by atoms with Gasteiger partial charge in [0.05, 0.1) is 5.92 Å². The molecule has 1 saturated carbocycles. The Kier molecular flexibility index (Phi) is 2.77. The minimum atomic E-state index is -0.591. The van der Waals surface area contributed by atoms with Crippen LogP contribution in [0.25, 0.3) is 0 Å². The molecule has 2 fully saturated rings. The third-order valence-corrected chi connectivity index (χ3v) is 3.83. The maximum Gasteiger partial charge on any atom is 0.308 e. The first-order chi connectivity index (χ1) is 6.70. The van der Waals surface area contributed by atoms with Crippen LogP contribution in [-0.4, -0.2) is 34.6 Å². The van der Waals surface area contributed by atoms with Crippen molar-refractivity contribution in [3.8, 4) is 0 Å². The van der Waals surface area contributed by atoms with Gasteiger partial charge in [-0.1, -0.05) is 6.42 Å². The molecule has 3 nitrogen and oxygen atoms in total. The zero-order valence-corrected chi connectivity index (χ0v) is 8.78. The van der Waals surface area contributed by atoms with Gasteiger partial charge in [0.1, 0.15) is 0 Å². The molecule has 1 aliphatic carbocycles. The number of carboxylic acid groups (broad SMARTS) is 1. The van der Waals surface area contributed by atoms with E-state index in [4.69, 9.17) is 5.11 Å².